The Bertz CT molecular complexity index is 464. The third-order valence-corrected chi connectivity index (χ3v) is 5.23. The Labute approximate surface area is 137 Å². The van der Waals surface area contributed by atoms with E-state index in [1.165, 1.54) is 12.8 Å². The molecule has 1 amide bonds. The minimum absolute atomic E-state index is 0.145. The summed E-state index contributed by atoms with van der Waals surface area (Å²) in [5.41, 5.74) is 5.80. The second-order valence-corrected chi connectivity index (χ2v) is 6.90. The van der Waals surface area contributed by atoms with Gasteiger partial charge in [-0.15, -0.1) is 11.8 Å². The van der Waals surface area contributed by atoms with E-state index in [-0.39, 0.29) is 11.9 Å². The van der Waals surface area contributed by atoms with Crippen molar-refractivity contribution in [3.63, 3.8) is 0 Å². The van der Waals surface area contributed by atoms with Gasteiger partial charge in [-0.1, -0.05) is 12.8 Å². The zero-order chi connectivity index (χ0) is 15.8. The summed E-state index contributed by atoms with van der Waals surface area (Å²) in [4.78, 5) is 13.2. The molecule has 0 bridgehead atoms. The van der Waals surface area contributed by atoms with E-state index in [2.05, 4.69) is 5.32 Å². The van der Waals surface area contributed by atoms with Crippen molar-refractivity contribution in [3.05, 3.63) is 24.3 Å². The number of nitrogens with two attached hydrogens (primary N) is 1. The van der Waals surface area contributed by atoms with E-state index >= 15 is 0 Å². The zero-order valence-corrected chi connectivity index (χ0v) is 14.0. The molecule has 1 aromatic rings. The van der Waals surface area contributed by atoms with Crippen LogP contribution in [0.1, 0.15) is 32.1 Å². The summed E-state index contributed by atoms with van der Waals surface area (Å²) in [6.07, 6.45) is 5.19. The standard InChI is InChI=1S/C17H26N2O2S/c1-21-14-6-8-15(9-7-14)22-11-10-17(20)19-16-5-3-2-4-13(16)12-18/h6-9,13,16H,2-5,10-12,18H2,1H3,(H,19,20). The molecule has 4 nitrogen and oxygen atoms in total. The number of carbonyl (C=O) groups is 1. The Morgan fingerprint density at radius 2 is 2.05 bits per heavy atom. The molecule has 1 fully saturated rings. The molecule has 1 aliphatic rings. The number of hydrogen-bond donors (Lipinski definition) is 2. The van der Waals surface area contributed by atoms with E-state index in [1.54, 1.807) is 18.9 Å². The van der Waals surface area contributed by atoms with Crippen molar-refractivity contribution in [1.82, 2.24) is 5.32 Å². The summed E-state index contributed by atoms with van der Waals surface area (Å²) >= 11 is 1.70. The molecule has 2 atom stereocenters. The summed E-state index contributed by atoms with van der Waals surface area (Å²) in [5, 5.41) is 3.17. The van der Waals surface area contributed by atoms with Gasteiger partial charge in [-0.05, 0) is 49.6 Å². The van der Waals surface area contributed by atoms with Gasteiger partial charge in [0.25, 0.3) is 0 Å². The molecule has 0 aliphatic heterocycles. The number of benzene rings is 1. The van der Waals surface area contributed by atoms with Crippen molar-refractivity contribution in [2.75, 3.05) is 19.4 Å². The van der Waals surface area contributed by atoms with E-state index < -0.39 is 0 Å². The molecule has 3 N–H and O–H groups in total. The molecule has 122 valence electrons. The van der Waals surface area contributed by atoms with Crippen molar-refractivity contribution in [2.24, 2.45) is 11.7 Å². The Balaban J connectivity index is 1.70. The largest absolute Gasteiger partial charge is 0.497 e. The number of ether oxygens (including phenoxy) is 1. The van der Waals surface area contributed by atoms with Crippen LogP contribution in [-0.2, 0) is 4.79 Å². The van der Waals surface area contributed by atoms with Crippen molar-refractivity contribution < 1.29 is 9.53 Å². The molecule has 0 spiro atoms. The van der Waals surface area contributed by atoms with Crippen LogP contribution in [0.15, 0.2) is 29.2 Å². The van der Waals surface area contributed by atoms with Crippen LogP contribution in [0.4, 0.5) is 0 Å². The highest BCUT2D eigenvalue weighted by Gasteiger charge is 2.24. The van der Waals surface area contributed by atoms with Gasteiger partial charge < -0.3 is 15.8 Å². The van der Waals surface area contributed by atoms with Gasteiger partial charge in [0, 0.05) is 23.1 Å². The second-order valence-electron chi connectivity index (χ2n) is 5.73. The lowest BCUT2D eigenvalue weighted by atomic mass is 9.84. The van der Waals surface area contributed by atoms with Crippen LogP contribution < -0.4 is 15.8 Å². The number of hydrogen-bond acceptors (Lipinski definition) is 4. The Morgan fingerprint density at radius 1 is 1.32 bits per heavy atom. The minimum Gasteiger partial charge on any atom is -0.497 e. The molecule has 22 heavy (non-hydrogen) atoms. The number of carbonyl (C=O) groups excluding carboxylic acids is 1. The third-order valence-electron chi connectivity index (χ3n) is 4.22. The fourth-order valence-corrected chi connectivity index (χ4v) is 3.74. The van der Waals surface area contributed by atoms with Gasteiger partial charge in [-0.25, -0.2) is 0 Å². The lowest BCUT2D eigenvalue weighted by Crippen LogP contribution is -2.44. The topological polar surface area (TPSA) is 64.3 Å². The maximum Gasteiger partial charge on any atom is 0.221 e. The summed E-state index contributed by atoms with van der Waals surface area (Å²) in [6, 6.07) is 8.20. The Hall–Kier alpha value is -1.20. The molecular formula is C17H26N2O2S. The van der Waals surface area contributed by atoms with Crippen molar-refractivity contribution in [3.8, 4) is 5.75 Å². The highest BCUT2D eigenvalue weighted by atomic mass is 32.2. The molecule has 1 saturated carbocycles. The van der Waals surface area contributed by atoms with E-state index in [0.717, 1.165) is 29.2 Å². The van der Waals surface area contributed by atoms with Crippen molar-refractivity contribution in [2.45, 2.75) is 43.0 Å². The maximum atomic E-state index is 12.1. The first-order valence-corrected chi connectivity index (χ1v) is 8.97. The summed E-state index contributed by atoms with van der Waals surface area (Å²) in [7, 11) is 1.66. The smallest absolute Gasteiger partial charge is 0.221 e. The number of amides is 1. The molecular weight excluding hydrogens is 296 g/mol. The highest BCUT2D eigenvalue weighted by Crippen LogP contribution is 2.24. The first-order chi connectivity index (χ1) is 10.7. The van der Waals surface area contributed by atoms with Crippen LogP contribution in [0, 0.1) is 5.92 Å². The SMILES string of the molecule is COc1ccc(SCCC(=O)NC2CCCCC2CN)cc1. The van der Waals surface area contributed by atoms with Crippen LogP contribution >= 0.6 is 11.8 Å². The lowest BCUT2D eigenvalue weighted by Gasteiger charge is -2.31. The van der Waals surface area contributed by atoms with Gasteiger partial charge in [0.1, 0.15) is 5.75 Å². The predicted molar refractivity (Wildman–Crippen MR) is 91.3 cm³/mol. The third kappa shape index (κ3) is 5.21. The Kier molecular flexibility index (Phi) is 7.06. The van der Waals surface area contributed by atoms with Crippen LogP contribution in [-0.4, -0.2) is 31.4 Å². The molecule has 1 aliphatic carbocycles. The van der Waals surface area contributed by atoms with E-state index in [4.69, 9.17) is 10.5 Å². The van der Waals surface area contributed by atoms with Gasteiger partial charge in [-0.3, -0.25) is 4.79 Å². The molecule has 5 heteroatoms. The number of thioether (sulfide) groups is 1. The first kappa shape index (κ1) is 17.2. The lowest BCUT2D eigenvalue weighted by molar-refractivity contribution is -0.121. The average Bonchev–Trinajstić information content (AvgIpc) is 2.56. The van der Waals surface area contributed by atoms with Crippen molar-refractivity contribution >= 4 is 17.7 Å². The molecule has 0 aromatic heterocycles. The van der Waals surface area contributed by atoms with E-state index in [9.17, 15) is 4.79 Å². The first-order valence-electron chi connectivity index (χ1n) is 7.99. The second kappa shape index (κ2) is 9.06. The van der Waals surface area contributed by atoms with Gasteiger partial charge in [0.15, 0.2) is 0 Å². The summed E-state index contributed by atoms with van der Waals surface area (Å²) in [5.74, 6) is 2.24. The molecule has 2 unspecified atom stereocenters. The van der Waals surface area contributed by atoms with Crippen LogP contribution in [0.3, 0.4) is 0 Å². The Morgan fingerprint density at radius 3 is 2.73 bits per heavy atom. The molecule has 0 heterocycles. The van der Waals surface area contributed by atoms with Crippen LogP contribution in [0.25, 0.3) is 0 Å². The monoisotopic (exact) mass is 322 g/mol. The molecule has 0 radical (unpaired) electrons. The number of rotatable bonds is 7. The van der Waals surface area contributed by atoms with Gasteiger partial charge in [0.2, 0.25) is 5.91 Å². The predicted octanol–water partition coefficient (Wildman–Crippen LogP) is 2.81. The van der Waals surface area contributed by atoms with Crippen LogP contribution in [0.2, 0.25) is 0 Å². The maximum absolute atomic E-state index is 12.1. The van der Waals surface area contributed by atoms with Gasteiger partial charge in [0.05, 0.1) is 7.11 Å². The van der Waals surface area contributed by atoms with Crippen molar-refractivity contribution in [1.29, 1.82) is 0 Å². The van der Waals surface area contributed by atoms with Crippen LogP contribution in [0.5, 0.6) is 5.75 Å². The van der Waals surface area contributed by atoms with Gasteiger partial charge in [-0.2, -0.15) is 0 Å². The van der Waals surface area contributed by atoms with E-state index in [0.29, 0.717) is 18.9 Å². The van der Waals surface area contributed by atoms with Gasteiger partial charge >= 0.3 is 0 Å². The molecule has 0 saturated heterocycles. The fourth-order valence-electron chi connectivity index (χ4n) is 2.89. The molecule has 2 rings (SSSR count). The number of nitrogens with one attached hydrogen (secondary N) is 1. The summed E-state index contributed by atoms with van der Waals surface area (Å²) < 4.78 is 5.13. The zero-order valence-electron chi connectivity index (χ0n) is 13.2. The molecule has 1 aromatic carbocycles. The minimum atomic E-state index is 0.145. The summed E-state index contributed by atoms with van der Waals surface area (Å²) in [6.45, 7) is 0.672. The van der Waals surface area contributed by atoms with E-state index in [1.807, 2.05) is 24.3 Å². The highest BCUT2D eigenvalue weighted by molar-refractivity contribution is 7.99. The average molecular weight is 322 g/mol. The normalized spacial score (nSPS) is 21.4. The quantitative estimate of drug-likeness (QED) is 0.758. The number of methoxy groups -OCH3 is 1. The fraction of sp³-hybridized carbons (Fsp3) is 0.588.